The van der Waals surface area contributed by atoms with E-state index >= 15 is 0 Å². The van der Waals surface area contributed by atoms with Crippen molar-refractivity contribution in [2.24, 2.45) is 0 Å². The standard InChI is InChI=1S/C24H29NO5/c1-5-29-21-14-18-12-13-25(16-19(18)15-22(21)30-6-2)23(26)11-10-17-8-7-9-20(27-3)24(17)28-4/h7-11,14-15H,5-6,12-13,16H2,1-4H3/b11-10+. The van der Waals surface area contributed by atoms with E-state index in [2.05, 4.69) is 0 Å². The first-order valence-electron chi connectivity index (χ1n) is 10.2. The van der Waals surface area contributed by atoms with Crippen LogP contribution in [0.3, 0.4) is 0 Å². The van der Waals surface area contributed by atoms with Gasteiger partial charge in [0.05, 0.1) is 27.4 Å². The Bertz CT molecular complexity index is 922. The van der Waals surface area contributed by atoms with E-state index in [4.69, 9.17) is 18.9 Å². The molecule has 1 aliphatic heterocycles. The maximum absolute atomic E-state index is 12.8. The minimum atomic E-state index is -0.0441. The lowest BCUT2D eigenvalue weighted by Gasteiger charge is -2.29. The molecule has 1 aliphatic rings. The topological polar surface area (TPSA) is 57.2 Å². The summed E-state index contributed by atoms with van der Waals surface area (Å²) < 4.78 is 22.2. The lowest BCUT2D eigenvalue weighted by molar-refractivity contribution is -0.126. The third-order valence-corrected chi connectivity index (χ3v) is 5.03. The van der Waals surface area contributed by atoms with E-state index in [9.17, 15) is 4.79 Å². The minimum Gasteiger partial charge on any atom is -0.493 e. The molecular formula is C24H29NO5. The quantitative estimate of drug-likeness (QED) is 0.612. The zero-order valence-corrected chi connectivity index (χ0v) is 18.1. The van der Waals surface area contributed by atoms with Crippen molar-refractivity contribution in [3.8, 4) is 23.0 Å². The Morgan fingerprint density at radius 3 is 2.33 bits per heavy atom. The van der Waals surface area contributed by atoms with Gasteiger partial charge < -0.3 is 23.8 Å². The minimum absolute atomic E-state index is 0.0441. The van der Waals surface area contributed by atoms with E-state index in [0.29, 0.717) is 37.8 Å². The van der Waals surface area contributed by atoms with Gasteiger partial charge in [-0.15, -0.1) is 0 Å². The van der Waals surface area contributed by atoms with E-state index in [1.165, 1.54) is 5.56 Å². The molecule has 6 nitrogen and oxygen atoms in total. The van der Waals surface area contributed by atoms with Crippen LogP contribution in [0.4, 0.5) is 0 Å². The van der Waals surface area contributed by atoms with Gasteiger partial charge in [-0.05, 0) is 55.7 Å². The Balaban J connectivity index is 1.77. The van der Waals surface area contributed by atoms with Crippen LogP contribution in [-0.2, 0) is 17.8 Å². The Kier molecular flexibility index (Phi) is 7.22. The van der Waals surface area contributed by atoms with Crippen molar-refractivity contribution in [3.63, 3.8) is 0 Å². The fourth-order valence-electron chi connectivity index (χ4n) is 3.60. The molecular weight excluding hydrogens is 382 g/mol. The van der Waals surface area contributed by atoms with E-state index in [1.54, 1.807) is 26.4 Å². The second kappa shape index (κ2) is 10.1. The second-order valence-electron chi connectivity index (χ2n) is 6.86. The molecule has 0 N–H and O–H groups in total. The molecule has 160 valence electrons. The number of ether oxygens (including phenoxy) is 4. The molecule has 3 rings (SSSR count). The molecule has 30 heavy (non-hydrogen) atoms. The summed E-state index contributed by atoms with van der Waals surface area (Å²) in [5.74, 6) is 2.69. The normalized spacial score (nSPS) is 13.1. The average molecular weight is 411 g/mol. The van der Waals surface area contributed by atoms with Crippen molar-refractivity contribution in [2.75, 3.05) is 34.0 Å². The number of benzene rings is 2. The molecule has 0 aromatic heterocycles. The summed E-state index contributed by atoms with van der Waals surface area (Å²) in [6.45, 7) is 6.25. The van der Waals surface area contributed by atoms with Crippen LogP contribution in [0.15, 0.2) is 36.4 Å². The maximum Gasteiger partial charge on any atom is 0.246 e. The van der Waals surface area contributed by atoms with Crippen LogP contribution in [0.1, 0.15) is 30.5 Å². The third kappa shape index (κ3) is 4.70. The highest BCUT2D eigenvalue weighted by molar-refractivity contribution is 5.92. The zero-order chi connectivity index (χ0) is 21.5. The molecule has 6 heteroatoms. The highest BCUT2D eigenvalue weighted by Crippen LogP contribution is 2.34. The van der Waals surface area contributed by atoms with Gasteiger partial charge in [0, 0.05) is 24.7 Å². The van der Waals surface area contributed by atoms with Gasteiger partial charge in [0.25, 0.3) is 0 Å². The molecule has 0 radical (unpaired) electrons. The Hall–Kier alpha value is -3.15. The molecule has 1 heterocycles. The van der Waals surface area contributed by atoms with Crippen LogP contribution < -0.4 is 18.9 Å². The van der Waals surface area contributed by atoms with Gasteiger partial charge in [0.1, 0.15) is 0 Å². The fraction of sp³-hybridized carbons (Fsp3) is 0.375. The average Bonchev–Trinajstić information content (AvgIpc) is 2.77. The molecule has 0 atom stereocenters. The highest BCUT2D eigenvalue weighted by atomic mass is 16.5. The number of rotatable bonds is 8. The van der Waals surface area contributed by atoms with Crippen LogP contribution in [0.2, 0.25) is 0 Å². The first-order valence-corrected chi connectivity index (χ1v) is 10.2. The van der Waals surface area contributed by atoms with Gasteiger partial charge in [-0.1, -0.05) is 12.1 Å². The van der Waals surface area contributed by atoms with Crippen LogP contribution in [-0.4, -0.2) is 44.8 Å². The van der Waals surface area contributed by atoms with Crippen molar-refractivity contribution >= 4 is 12.0 Å². The molecule has 0 fully saturated rings. The van der Waals surface area contributed by atoms with E-state index < -0.39 is 0 Å². The largest absolute Gasteiger partial charge is 0.493 e. The molecule has 1 amide bonds. The molecule has 0 aliphatic carbocycles. The number of nitrogens with zero attached hydrogens (tertiary/aromatic N) is 1. The highest BCUT2D eigenvalue weighted by Gasteiger charge is 2.22. The number of amides is 1. The van der Waals surface area contributed by atoms with Crippen LogP contribution in [0.25, 0.3) is 6.08 Å². The Morgan fingerprint density at radius 2 is 1.70 bits per heavy atom. The number of hydrogen-bond acceptors (Lipinski definition) is 5. The molecule has 0 saturated heterocycles. The first-order chi connectivity index (χ1) is 14.6. The first kappa shape index (κ1) is 21.6. The summed E-state index contributed by atoms with van der Waals surface area (Å²) in [6.07, 6.45) is 4.13. The van der Waals surface area contributed by atoms with Gasteiger partial charge >= 0.3 is 0 Å². The summed E-state index contributed by atoms with van der Waals surface area (Å²) in [5.41, 5.74) is 3.08. The Morgan fingerprint density at radius 1 is 1.00 bits per heavy atom. The van der Waals surface area contributed by atoms with Crippen molar-refractivity contribution in [1.82, 2.24) is 4.90 Å². The van der Waals surface area contributed by atoms with Gasteiger partial charge in [0.15, 0.2) is 23.0 Å². The van der Waals surface area contributed by atoms with Crippen LogP contribution >= 0.6 is 0 Å². The molecule has 0 bridgehead atoms. The SMILES string of the molecule is CCOc1cc2c(cc1OCC)CN(C(=O)/C=C/c1cccc(OC)c1OC)CC2. The number of methoxy groups -OCH3 is 2. The summed E-state index contributed by atoms with van der Waals surface area (Å²) >= 11 is 0. The summed E-state index contributed by atoms with van der Waals surface area (Å²) in [6, 6.07) is 9.63. The van der Waals surface area contributed by atoms with Gasteiger partial charge in [0.2, 0.25) is 5.91 Å². The molecule has 0 saturated carbocycles. The number of carbonyl (C=O) groups excluding carboxylic acids is 1. The van der Waals surface area contributed by atoms with Crippen molar-refractivity contribution in [1.29, 1.82) is 0 Å². The number of fused-ring (bicyclic) bond motifs is 1. The predicted molar refractivity (Wildman–Crippen MR) is 116 cm³/mol. The van der Waals surface area contributed by atoms with Gasteiger partial charge in [-0.2, -0.15) is 0 Å². The third-order valence-electron chi connectivity index (χ3n) is 5.03. The maximum atomic E-state index is 12.8. The molecule has 0 unspecified atom stereocenters. The molecule has 2 aromatic rings. The summed E-state index contributed by atoms with van der Waals surface area (Å²) in [5, 5.41) is 0. The van der Waals surface area contributed by atoms with Crippen molar-refractivity contribution in [3.05, 3.63) is 53.1 Å². The summed E-state index contributed by atoms with van der Waals surface area (Å²) in [7, 11) is 3.18. The lowest BCUT2D eigenvalue weighted by Crippen LogP contribution is -2.34. The molecule has 0 spiro atoms. The van der Waals surface area contributed by atoms with Gasteiger partial charge in [-0.25, -0.2) is 0 Å². The number of para-hydroxylation sites is 1. The Labute approximate surface area is 178 Å². The number of hydrogen-bond donors (Lipinski definition) is 0. The van der Waals surface area contributed by atoms with E-state index in [-0.39, 0.29) is 5.91 Å². The van der Waals surface area contributed by atoms with Crippen molar-refractivity contribution in [2.45, 2.75) is 26.8 Å². The second-order valence-corrected chi connectivity index (χ2v) is 6.86. The van der Waals surface area contributed by atoms with Crippen molar-refractivity contribution < 1.29 is 23.7 Å². The van der Waals surface area contributed by atoms with Crippen LogP contribution in [0.5, 0.6) is 23.0 Å². The monoisotopic (exact) mass is 411 g/mol. The fourth-order valence-corrected chi connectivity index (χ4v) is 3.60. The van der Waals surface area contributed by atoms with Crippen LogP contribution in [0, 0.1) is 0 Å². The van der Waals surface area contributed by atoms with E-state index in [1.807, 2.05) is 49.1 Å². The smallest absolute Gasteiger partial charge is 0.246 e. The van der Waals surface area contributed by atoms with E-state index in [0.717, 1.165) is 29.0 Å². The summed E-state index contributed by atoms with van der Waals surface area (Å²) in [4.78, 5) is 14.7. The van der Waals surface area contributed by atoms with Gasteiger partial charge in [-0.3, -0.25) is 4.79 Å². The number of carbonyl (C=O) groups is 1. The zero-order valence-electron chi connectivity index (χ0n) is 18.1. The predicted octanol–water partition coefficient (Wildman–Crippen LogP) is 4.10. The molecule has 2 aromatic carbocycles. The lowest BCUT2D eigenvalue weighted by atomic mass is 9.98.